The summed E-state index contributed by atoms with van der Waals surface area (Å²) in [6.07, 6.45) is -0.0237. The molecular weight excluding hydrogens is 368 g/mol. The average molecular weight is 392 g/mol. The summed E-state index contributed by atoms with van der Waals surface area (Å²) in [4.78, 5) is 30.6. The van der Waals surface area contributed by atoms with E-state index in [4.69, 9.17) is 4.74 Å². The lowest BCUT2D eigenvalue weighted by Crippen LogP contribution is -2.55. The summed E-state index contributed by atoms with van der Waals surface area (Å²) in [6.45, 7) is 3.96. The molecular formula is C23H24N2O4. The molecule has 0 spiro atoms. The second kappa shape index (κ2) is 6.76. The van der Waals surface area contributed by atoms with Gasteiger partial charge in [0.15, 0.2) is 11.5 Å². The van der Waals surface area contributed by atoms with Crippen LogP contribution in [-0.2, 0) is 20.7 Å². The first-order chi connectivity index (χ1) is 14.1. The van der Waals surface area contributed by atoms with Crippen LogP contribution < -0.4 is 0 Å². The highest BCUT2D eigenvalue weighted by Crippen LogP contribution is 2.59. The molecule has 0 radical (unpaired) electrons. The number of likely N-dealkylation sites (tertiary alicyclic amines) is 1. The van der Waals surface area contributed by atoms with Gasteiger partial charge in [-0.05, 0) is 5.56 Å². The second-order valence-corrected chi connectivity index (χ2v) is 7.99. The molecule has 2 aromatic rings. The van der Waals surface area contributed by atoms with Gasteiger partial charge in [-0.2, -0.15) is 0 Å². The normalized spacial score (nSPS) is 29.2. The van der Waals surface area contributed by atoms with E-state index in [1.165, 1.54) is 4.90 Å². The number of fused-ring (bicyclic) bond motifs is 3. The third-order valence-electron chi connectivity index (χ3n) is 6.65. The molecule has 1 N–H and O–H groups in total. The monoisotopic (exact) mass is 392 g/mol. The van der Waals surface area contributed by atoms with E-state index in [9.17, 15) is 14.7 Å². The quantitative estimate of drug-likeness (QED) is 0.855. The standard InChI is InChI=1S/C23H24N2O4/c26-20-16-22(17-6-2-1-3-7-17)21(27)18-8-4-5-9-19(18)23(22,28)25(20)11-10-24-12-14-29-15-13-24/h1-9,28H,10-16H2/t22-,23-/m0/s1. The SMILES string of the molecule is O=C1C[C@]2(c3ccccc3)C(=O)c3ccccc3[C@@]2(O)N1CCN1CCOCC1. The van der Waals surface area contributed by atoms with Crippen LogP contribution in [0.1, 0.15) is 27.9 Å². The van der Waals surface area contributed by atoms with Crippen molar-refractivity contribution < 1.29 is 19.4 Å². The van der Waals surface area contributed by atoms with E-state index in [2.05, 4.69) is 4.90 Å². The molecule has 2 saturated heterocycles. The van der Waals surface area contributed by atoms with E-state index in [1.54, 1.807) is 18.2 Å². The summed E-state index contributed by atoms with van der Waals surface area (Å²) in [5.74, 6) is -0.364. The van der Waals surface area contributed by atoms with E-state index in [-0.39, 0.29) is 18.1 Å². The Morgan fingerprint density at radius 2 is 1.62 bits per heavy atom. The molecule has 2 atom stereocenters. The maximum atomic E-state index is 13.6. The van der Waals surface area contributed by atoms with Crippen LogP contribution >= 0.6 is 0 Å². The summed E-state index contributed by atoms with van der Waals surface area (Å²) in [6, 6.07) is 16.4. The summed E-state index contributed by atoms with van der Waals surface area (Å²) >= 11 is 0. The summed E-state index contributed by atoms with van der Waals surface area (Å²) in [7, 11) is 0. The number of ether oxygens (including phenoxy) is 1. The largest absolute Gasteiger partial charge is 0.379 e. The molecule has 6 nitrogen and oxygen atoms in total. The minimum atomic E-state index is -1.68. The van der Waals surface area contributed by atoms with Crippen LogP contribution in [0.15, 0.2) is 54.6 Å². The van der Waals surface area contributed by atoms with Gasteiger partial charge in [0.25, 0.3) is 0 Å². The smallest absolute Gasteiger partial charge is 0.226 e. The number of nitrogens with zero attached hydrogens (tertiary/aromatic N) is 2. The maximum absolute atomic E-state index is 13.6. The number of amides is 1. The number of hydrogen-bond donors (Lipinski definition) is 1. The molecule has 0 saturated carbocycles. The Kier molecular flexibility index (Phi) is 4.31. The highest BCUT2D eigenvalue weighted by atomic mass is 16.5. The van der Waals surface area contributed by atoms with Crippen LogP contribution in [0.25, 0.3) is 0 Å². The predicted octanol–water partition coefficient (Wildman–Crippen LogP) is 1.53. The zero-order chi connectivity index (χ0) is 20.1. The fourth-order valence-electron chi connectivity index (χ4n) is 5.20. The summed E-state index contributed by atoms with van der Waals surface area (Å²) in [5.41, 5.74) is -1.26. The Balaban J connectivity index is 1.60. The van der Waals surface area contributed by atoms with E-state index >= 15 is 0 Å². The van der Waals surface area contributed by atoms with Crippen molar-refractivity contribution in [3.05, 3.63) is 71.3 Å². The molecule has 2 aliphatic heterocycles. The lowest BCUT2D eigenvalue weighted by atomic mass is 9.71. The lowest BCUT2D eigenvalue weighted by Gasteiger charge is -2.41. The highest BCUT2D eigenvalue weighted by molar-refractivity contribution is 6.14. The molecule has 0 unspecified atom stereocenters. The van der Waals surface area contributed by atoms with Crippen LogP contribution in [-0.4, -0.2) is 66.0 Å². The summed E-state index contributed by atoms with van der Waals surface area (Å²) in [5, 5.41) is 12.2. The number of carbonyl (C=O) groups is 2. The first-order valence-electron chi connectivity index (χ1n) is 10.1. The molecule has 2 heterocycles. The van der Waals surface area contributed by atoms with Gasteiger partial charge in [0.05, 0.1) is 13.2 Å². The topological polar surface area (TPSA) is 70.1 Å². The minimum absolute atomic E-state index is 0.0237. The van der Waals surface area contributed by atoms with Gasteiger partial charge in [-0.25, -0.2) is 0 Å². The van der Waals surface area contributed by atoms with Gasteiger partial charge >= 0.3 is 0 Å². The number of hydrogen-bond acceptors (Lipinski definition) is 5. The molecule has 2 fully saturated rings. The van der Waals surface area contributed by atoms with Crippen molar-refractivity contribution in [2.75, 3.05) is 39.4 Å². The Morgan fingerprint density at radius 3 is 2.38 bits per heavy atom. The minimum Gasteiger partial charge on any atom is -0.379 e. The second-order valence-electron chi connectivity index (χ2n) is 7.99. The number of rotatable bonds is 4. The van der Waals surface area contributed by atoms with Crippen LogP contribution in [0.5, 0.6) is 0 Å². The Labute approximate surface area is 169 Å². The molecule has 150 valence electrons. The molecule has 0 bridgehead atoms. The van der Waals surface area contributed by atoms with Crippen molar-refractivity contribution in [1.82, 2.24) is 9.80 Å². The van der Waals surface area contributed by atoms with Crippen molar-refractivity contribution in [2.24, 2.45) is 0 Å². The Bertz CT molecular complexity index is 956. The van der Waals surface area contributed by atoms with Gasteiger partial charge in [-0.3, -0.25) is 14.5 Å². The molecule has 6 heteroatoms. The van der Waals surface area contributed by atoms with Gasteiger partial charge in [0.2, 0.25) is 5.91 Å². The first kappa shape index (κ1) is 18.5. The molecule has 0 aromatic heterocycles. The van der Waals surface area contributed by atoms with Crippen LogP contribution in [0.3, 0.4) is 0 Å². The molecule has 2 aromatic carbocycles. The fourth-order valence-corrected chi connectivity index (χ4v) is 5.20. The number of morpholine rings is 1. The maximum Gasteiger partial charge on any atom is 0.226 e. The van der Waals surface area contributed by atoms with Crippen molar-refractivity contribution in [1.29, 1.82) is 0 Å². The van der Waals surface area contributed by atoms with Gasteiger partial charge in [-0.15, -0.1) is 0 Å². The first-order valence-corrected chi connectivity index (χ1v) is 10.1. The Hall–Kier alpha value is -2.54. The number of carbonyl (C=O) groups excluding carboxylic acids is 2. The van der Waals surface area contributed by atoms with Crippen molar-refractivity contribution in [2.45, 2.75) is 17.6 Å². The molecule has 29 heavy (non-hydrogen) atoms. The van der Waals surface area contributed by atoms with Gasteiger partial charge in [0.1, 0.15) is 5.41 Å². The number of benzene rings is 2. The number of Topliss-reactive ketones (excluding diaryl/α,β-unsaturated/α-hetero) is 1. The molecule has 5 rings (SSSR count). The molecule has 1 aliphatic carbocycles. The fraction of sp³-hybridized carbons (Fsp3) is 0.391. The van der Waals surface area contributed by atoms with Gasteiger partial charge < -0.3 is 14.7 Å². The molecule has 3 aliphatic rings. The van der Waals surface area contributed by atoms with Crippen molar-refractivity contribution in [3.8, 4) is 0 Å². The zero-order valence-electron chi connectivity index (χ0n) is 16.2. The molecule has 1 amide bonds. The predicted molar refractivity (Wildman–Crippen MR) is 106 cm³/mol. The summed E-state index contributed by atoms with van der Waals surface area (Å²) < 4.78 is 5.40. The third-order valence-corrected chi connectivity index (χ3v) is 6.65. The van der Waals surface area contributed by atoms with E-state index in [0.717, 1.165) is 13.1 Å². The Morgan fingerprint density at radius 1 is 0.931 bits per heavy atom. The van der Waals surface area contributed by atoms with Crippen molar-refractivity contribution >= 4 is 11.7 Å². The van der Waals surface area contributed by atoms with Crippen LogP contribution in [0, 0.1) is 0 Å². The van der Waals surface area contributed by atoms with Gasteiger partial charge in [-0.1, -0.05) is 54.6 Å². The van der Waals surface area contributed by atoms with E-state index < -0.39 is 11.1 Å². The highest BCUT2D eigenvalue weighted by Gasteiger charge is 2.72. The zero-order valence-corrected chi connectivity index (χ0v) is 16.2. The number of aliphatic hydroxyl groups is 1. The lowest BCUT2D eigenvalue weighted by molar-refractivity contribution is -0.153. The van der Waals surface area contributed by atoms with Crippen LogP contribution in [0.2, 0.25) is 0 Å². The van der Waals surface area contributed by atoms with Gasteiger partial charge in [0, 0.05) is 43.7 Å². The third kappa shape index (κ3) is 2.46. The van der Waals surface area contributed by atoms with Crippen molar-refractivity contribution in [3.63, 3.8) is 0 Å². The average Bonchev–Trinajstić information content (AvgIpc) is 3.11. The van der Waals surface area contributed by atoms with E-state index in [1.807, 2.05) is 36.4 Å². The van der Waals surface area contributed by atoms with E-state index in [0.29, 0.717) is 43.0 Å². The van der Waals surface area contributed by atoms with Crippen LogP contribution in [0.4, 0.5) is 0 Å². The number of ketones is 1.